The summed E-state index contributed by atoms with van der Waals surface area (Å²) in [7, 11) is 1.94. The van der Waals surface area contributed by atoms with Crippen molar-refractivity contribution in [2.75, 3.05) is 6.54 Å². The molecule has 1 aliphatic rings. The number of benzene rings is 1. The fourth-order valence-corrected chi connectivity index (χ4v) is 3.36. The Labute approximate surface area is 140 Å². The summed E-state index contributed by atoms with van der Waals surface area (Å²) in [4.78, 5) is 30.2. The molecule has 2 heterocycles. The standard InChI is InChI=1S/C18H21N3O3/c1-20-12-10-19-17(20)15-7-4-11-21(15)16(22)9-8-13-5-2-3-6-14(13)18(23)24/h2-3,5-6,10,12,15H,4,7-9,11H2,1H3,(H,23,24). The Kier molecular flexibility index (Phi) is 4.64. The summed E-state index contributed by atoms with van der Waals surface area (Å²) in [6.07, 6.45) is 6.27. The molecule has 1 saturated heterocycles. The van der Waals surface area contributed by atoms with E-state index < -0.39 is 5.97 Å². The van der Waals surface area contributed by atoms with Gasteiger partial charge in [-0.2, -0.15) is 0 Å². The van der Waals surface area contributed by atoms with Gasteiger partial charge in [-0.05, 0) is 30.9 Å². The van der Waals surface area contributed by atoms with E-state index in [1.54, 1.807) is 30.5 Å². The van der Waals surface area contributed by atoms with Gasteiger partial charge in [-0.3, -0.25) is 4.79 Å². The molecular weight excluding hydrogens is 306 g/mol. The highest BCUT2D eigenvalue weighted by Gasteiger charge is 2.32. The molecule has 1 aromatic heterocycles. The SMILES string of the molecule is Cn1ccnc1C1CCCN1C(=O)CCc1ccccc1C(=O)O. The zero-order chi connectivity index (χ0) is 17.1. The fraction of sp³-hybridized carbons (Fsp3) is 0.389. The van der Waals surface area contributed by atoms with Crippen molar-refractivity contribution in [1.82, 2.24) is 14.5 Å². The zero-order valence-electron chi connectivity index (χ0n) is 13.7. The number of hydrogen-bond acceptors (Lipinski definition) is 3. The monoisotopic (exact) mass is 327 g/mol. The van der Waals surface area contributed by atoms with Crippen molar-refractivity contribution in [1.29, 1.82) is 0 Å². The van der Waals surface area contributed by atoms with Gasteiger partial charge < -0.3 is 14.6 Å². The van der Waals surface area contributed by atoms with Gasteiger partial charge in [0.1, 0.15) is 5.82 Å². The van der Waals surface area contributed by atoms with Crippen LogP contribution in [0, 0.1) is 0 Å². The molecule has 24 heavy (non-hydrogen) atoms. The van der Waals surface area contributed by atoms with Gasteiger partial charge in [-0.15, -0.1) is 0 Å². The second kappa shape index (κ2) is 6.86. The minimum Gasteiger partial charge on any atom is -0.478 e. The Balaban J connectivity index is 1.69. The number of aromatic nitrogens is 2. The molecule has 126 valence electrons. The molecule has 0 spiro atoms. The lowest BCUT2D eigenvalue weighted by atomic mass is 10.0. The van der Waals surface area contributed by atoms with Gasteiger partial charge in [0.2, 0.25) is 5.91 Å². The average Bonchev–Trinajstić information content (AvgIpc) is 3.21. The molecule has 1 N–H and O–H groups in total. The first-order valence-corrected chi connectivity index (χ1v) is 8.16. The Morgan fingerprint density at radius 2 is 2.12 bits per heavy atom. The molecule has 0 saturated carbocycles. The van der Waals surface area contributed by atoms with Crippen LogP contribution in [0.25, 0.3) is 0 Å². The van der Waals surface area contributed by atoms with E-state index in [2.05, 4.69) is 4.98 Å². The van der Waals surface area contributed by atoms with Crippen LogP contribution >= 0.6 is 0 Å². The van der Waals surface area contributed by atoms with Gasteiger partial charge in [0.25, 0.3) is 0 Å². The fourth-order valence-electron chi connectivity index (χ4n) is 3.36. The first kappa shape index (κ1) is 16.2. The van der Waals surface area contributed by atoms with Crippen LogP contribution in [-0.2, 0) is 18.3 Å². The lowest BCUT2D eigenvalue weighted by Gasteiger charge is -2.24. The number of aromatic carboxylic acids is 1. The smallest absolute Gasteiger partial charge is 0.335 e. The van der Waals surface area contributed by atoms with E-state index >= 15 is 0 Å². The number of amides is 1. The van der Waals surface area contributed by atoms with Crippen LogP contribution in [0.5, 0.6) is 0 Å². The highest BCUT2D eigenvalue weighted by molar-refractivity contribution is 5.89. The summed E-state index contributed by atoms with van der Waals surface area (Å²) in [5.41, 5.74) is 0.971. The maximum absolute atomic E-state index is 12.7. The minimum atomic E-state index is -0.954. The van der Waals surface area contributed by atoms with E-state index in [1.165, 1.54) is 0 Å². The summed E-state index contributed by atoms with van der Waals surface area (Å²) in [5.74, 6) is 0.0117. The number of carbonyl (C=O) groups excluding carboxylic acids is 1. The van der Waals surface area contributed by atoms with Crippen molar-refractivity contribution in [3.8, 4) is 0 Å². The summed E-state index contributed by atoms with van der Waals surface area (Å²) >= 11 is 0. The lowest BCUT2D eigenvalue weighted by molar-refractivity contribution is -0.132. The van der Waals surface area contributed by atoms with Crippen LogP contribution in [0.2, 0.25) is 0 Å². The predicted molar refractivity (Wildman–Crippen MR) is 88.6 cm³/mol. The third-order valence-electron chi connectivity index (χ3n) is 4.59. The molecule has 3 rings (SSSR count). The molecular formula is C18H21N3O3. The molecule has 2 aromatic rings. The first-order valence-electron chi connectivity index (χ1n) is 8.16. The third kappa shape index (κ3) is 3.18. The van der Waals surface area contributed by atoms with Gasteiger partial charge >= 0.3 is 5.97 Å². The molecule has 0 bridgehead atoms. The molecule has 1 unspecified atom stereocenters. The van der Waals surface area contributed by atoms with Gasteiger partial charge in [-0.25, -0.2) is 9.78 Å². The summed E-state index contributed by atoms with van der Waals surface area (Å²) in [5, 5.41) is 9.23. The van der Waals surface area contributed by atoms with Crippen LogP contribution < -0.4 is 0 Å². The van der Waals surface area contributed by atoms with Crippen molar-refractivity contribution in [2.45, 2.75) is 31.7 Å². The van der Waals surface area contributed by atoms with E-state index in [-0.39, 0.29) is 17.5 Å². The van der Waals surface area contributed by atoms with E-state index in [0.29, 0.717) is 18.4 Å². The predicted octanol–water partition coefficient (Wildman–Crippen LogP) is 2.41. The number of aryl methyl sites for hydroxylation is 2. The molecule has 0 radical (unpaired) electrons. The van der Waals surface area contributed by atoms with Crippen LogP contribution in [0.15, 0.2) is 36.7 Å². The number of hydrogen-bond donors (Lipinski definition) is 1. The number of carboxylic acids is 1. The van der Waals surface area contributed by atoms with Crippen molar-refractivity contribution >= 4 is 11.9 Å². The molecule has 6 heteroatoms. The summed E-state index contributed by atoms with van der Waals surface area (Å²) in [6.45, 7) is 0.733. The Morgan fingerprint density at radius 3 is 2.83 bits per heavy atom. The van der Waals surface area contributed by atoms with Crippen LogP contribution in [-0.4, -0.2) is 38.0 Å². The molecule has 1 fully saturated rings. The molecule has 0 aliphatic carbocycles. The number of nitrogens with zero attached hydrogens (tertiary/aromatic N) is 3. The number of carbonyl (C=O) groups is 2. The highest BCUT2D eigenvalue weighted by Crippen LogP contribution is 2.31. The van der Waals surface area contributed by atoms with Gasteiger partial charge in [0, 0.05) is 32.4 Å². The maximum atomic E-state index is 12.7. The Morgan fingerprint density at radius 1 is 1.33 bits per heavy atom. The van der Waals surface area contributed by atoms with Crippen LogP contribution in [0.1, 0.15) is 47.1 Å². The van der Waals surface area contributed by atoms with Crippen molar-refractivity contribution in [3.63, 3.8) is 0 Å². The average molecular weight is 327 g/mol. The molecule has 1 aliphatic heterocycles. The Bertz CT molecular complexity index is 753. The van der Waals surface area contributed by atoms with Crippen molar-refractivity contribution in [3.05, 3.63) is 53.6 Å². The van der Waals surface area contributed by atoms with Crippen molar-refractivity contribution in [2.24, 2.45) is 7.05 Å². The maximum Gasteiger partial charge on any atom is 0.335 e. The third-order valence-corrected chi connectivity index (χ3v) is 4.59. The Hall–Kier alpha value is -2.63. The largest absolute Gasteiger partial charge is 0.478 e. The number of likely N-dealkylation sites (tertiary alicyclic amines) is 1. The molecule has 1 amide bonds. The zero-order valence-corrected chi connectivity index (χ0v) is 13.7. The van der Waals surface area contributed by atoms with Crippen LogP contribution in [0.3, 0.4) is 0 Å². The van der Waals surface area contributed by atoms with E-state index in [0.717, 1.165) is 25.2 Å². The van der Waals surface area contributed by atoms with E-state index in [1.807, 2.05) is 22.7 Å². The van der Waals surface area contributed by atoms with Gasteiger partial charge in [0.05, 0.1) is 11.6 Å². The quantitative estimate of drug-likeness (QED) is 0.915. The van der Waals surface area contributed by atoms with Gasteiger partial charge in [0.15, 0.2) is 0 Å². The topological polar surface area (TPSA) is 75.4 Å². The number of imidazole rings is 1. The minimum absolute atomic E-state index is 0.0206. The summed E-state index contributed by atoms with van der Waals surface area (Å²) in [6, 6.07) is 6.88. The first-order chi connectivity index (χ1) is 11.6. The summed E-state index contributed by atoms with van der Waals surface area (Å²) < 4.78 is 1.95. The second-order valence-electron chi connectivity index (χ2n) is 6.10. The molecule has 1 atom stereocenters. The van der Waals surface area contributed by atoms with E-state index in [9.17, 15) is 14.7 Å². The number of carboxylic acid groups (broad SMARTS) is 1. The van der Waals surface area contributed by atoms with Crippen molar-refractivity contribution < 1.29 is 14.7 Å². The van der Waals surface area contributed by atoms with E-state index in [4.69, 9.17) is 0 Å². The highest BCUT2D eigenvalue weighted by atomic mass is 16.4. The second-order valence-corrected chi connectivity index (χ2v) is 6.10. The normalized spacial score (nSPS) is 17.2. The molecule has 1 aromatic carbocycles. The molecule has 6 nitrogen and oxygen atoms in total. The lowest BCUT2D eigenvalue weighted by Crippen LogP contribution is -2.32. The van der Waals surface area contributed by atoms with Gasteiger partial charge in [-0.1, -0.05) is 18.2 Å². The van der Waals surface area contributed by atoms with Crippen LogP contribution in [0.4, 0.5) is 0 Å². The number of rotatable bonds is 5.